The Morgan fingerprint density at radius 2 is 1.85 bits per heavy atom. The fraction of sp³-hybridized carbons (Fsp3) is 0.519. The van der Waals surface area contributed by atoms with Crippen molar-refractivity contribution in [2.45, 2.75) is 57.0 Å². The Bertz CT molecular complexity index is 1160. The summed E-state index contributed by atoms with van der Waals surface area (Å²) in [6.07, 6.45) is 5.34. The molecule has 1 N–H and O–H groups in total. The van der Waals surface area contributed by atoms with Crippen LogP contribution in [0.15, 0.2) is 42.5 Å². The summed E-state index contributed by atoms with van der Waals surface area (Å²) in [5.41, 5.74) is 5.03. The zero-order chi connectivity index (χ0) is 23.9. The lowest BCUT2D eigenvalue weighted by atomic mass is 9.72. The minimum absolute atomic E-state index is 0.0695. The van der Waals surface area contributed by atoms with Gasteiger partial charge < -0.3 is 4.90 Å². The molecule has 6 nitrogen and oxygen atoms in total. The molecule has 0 aromatic heterocycles. The predicted molar refractivity (Wildman–Crippen MR) is 136 cm³/mol. The van der Waals surface area contributed by atoms with Crippen LogP contribution < -0.4 is 9.62 Å². The number of aldehydes is 1. The Balaban J connectivity index is 1.48. The van der Waals surface area contributed by atoms with Gasteiger partial charge in [0.15, 0.2) is 6.29 Å². The highest BCUT2D eigenvalue weighted by molar-refractivity contribution is 7.89. The van der Waals surface area contributed by atoms with Crippen molar-refractivity contribution < 1.29 is 13.2 Å². The largest absolute Gasteiger partial charge is 0.367 e. The molecule has 0 unspecified atom stereocenters. The number of carbonyl (C=O) groups excluding carboxylic acids is 1. The molecule has 2 atom stereocenters. The van der Waals surface area contributed by atoms with Crippen LogP contribution >= 0.6 is 0 Å². The Kier molecular flexibility index (Phi) is 6.29. The number of aryl methyl sites for hydroxylation is 1. The van der Waals surface area contributed by atoms with Crippen LogP contribution in [0.2, 0.25) is 0 Å². The van der Waals surface area contributed by atoms with Gasteiger partial charge in [0.25, 0.3) is 0 Å². The number of sulfonamides is 1. The molecule has 3 aliphatic rings. The summed E-state index contributed by atoms with van der Waals surface area (Å²) in [5.74, 6) is 0.345. The first-order chi connectivity index (χ1) is 16.3. The zero-order valence-electron chi connectivity index (χ0n) is 20.2. The Hall–Kier alpha value is -2.22. The van der Waals surface area contributed by atoms with E-state index in [1.54, 1.807) is 6.92 Å². The lowest BCUT2D eigenvalue weighted by molar-refractivity contribution is 0.0871. The number of fused-ring (bicyclic) bond motifs is 1. The second-order valence-electron chi connectivity index (χ2n) is 10.4. The van der Waals surface area contributed by atoms with Crippen molar-refractivity contribution >= 4 is 22.0 Å². The van der Waals surface area contributed by atoms with Crippen molar-refractivity contribution in [2.75, 3.05) is 36.8 Å². The van der Waals surface area contributed by atoms with Crippen LogP contribution in [0.4, 0.5) is 5.69 Å². The van der Waals surface area contributed by atoms with E-state index >= 15 is 0 Å². The first kappa shape index (κ1) is 23.5. The summed E-state index contributed by atoms with van der Waals surface area (Å²) in [4.78, 5) is 17.3. The topological polar surface area (TPSA) is 69.7 Å². The molecule has 2 saturated heterocycles. The first-order valence-corrected chi connectivity index (χ1v) is 14.1. The average Bonchev–Trinajstić information content (AvgIpc) is 2.77. The van der Waals surface area contributed by atoms with Gasteiger partial charge in [0, 0.05) is 36.3 Å². The Morgan fingerprint density at radius 1 is 1.12 bits per heavy atom. The highest BCUT2D eigenvalue weighted by atomic mass is 32.2. The second kappa shape index (κ2) is 9.10. The van der Waals surface area contributed by atoms with Gasteiger partial charge in [0.05, 0.1) is 11.3 Å². The second-order valence-corrected chi connectivity index (χ2v) is 12.4. The number of carbonyl (C=O) groups is 1. The van der Waals surface area contributed by atoms with Gasteiger partial charge in [0.1, 0.15) is 0 Å². The SMILES string of the molecule is CCS(=O)(=O)NC1(C)CN(c2ccc3c(c2C=O)[C@@H](Cc2ccccc2)[C@@H](N2CCC2)CC3)C1. The molecule has 0 bridgehead atoms. The quantitative estimate of drug-likeness (QED) is 0.586. The fourth-order valence-electron chi connectivity index (χ4n) is 6.12. The molecule has 5 rings (SSSR count). The molecule has 2 aromatic carbocycles. The lowest BCUT2D eigenvalue weighted by Crippen LogP contribution is -2.69. The summed E-state index contributed by atoms with van der Waals surface area (Å²) in [6.45, 7) is 6.99. The van der Waals surface area contributed by atoms with E-state index in [4.69, 9.17) is 0 Å². The van der Waals surface area contributed by atoms with E-state index in [1.807, 2.05) is 13.0 Å². The van der Waals surface area contributed by atoms with Crippen LogP contribution in [0.5, 0.6) is 0 Å². The Morgan fingerprint density at radius 3 is 2.47 bits per heavy atom. The van der Waals surface area contributed by atoms with Crippen LogP contribution in [0.3, 0.4) is 0 Å². The summed E-state index contributed by atoms with van der Waals surface area (Å²) in [6, 6.07) is 15.3. The van der Waals surface area contributed by atoms with Crippen molar-refractivity contribution in [3.05, 3.63) is 64.7 Å². The van der Waals surface area contributed by atoms with Gasteiger partial charge >= 0.3 is 0 Å². The Labute approximate surface area is 203 Å². The minimum atomic E-state index is -3.28. The van der Waals surface area contributed by atoms with Gasteiger partial charge in [-0.05, 0) is 75.4 Å². The number of benzene rings is 2. The number of likely N-dealkylation sites (tertiary alicyclic amines) is 1. The third-order valence-electron chi connectivity index (χ3n) is 7.88. The standard InChI is InChI=1S/C27H35N3O3S/c1-3-34(32,33)28-27(2)18-30(19-27)25-13-11-21-10-12-24(29-14-7-15-29)22(26(21)23(25)17-31)16-20-8-5-4-6-9-20/h4-6,8-9,11,13,17,22,24,28H,3,7,10,12,14-16,18-19H2,1-2H3/t22-,24-/m0/s1. The first-order valence-electron chi connectivity index (χ1n) is 12.5. The normalized spacial score (nSPS) is 24.1. The smallest absolute Gasteiger partial charge is 0.211 e. The maximum absolute atomic E-state index is 12.6. The van der Waals surface area contributed by atoms with Gasteiger partial charge in [-0.25, -0.2) is 13.1 Å². The van der Waals surface area contributed by atoms with E-state index in [2.05, 4.69) is 50.9 Å². The molecule has 0 radical (unpaired) electrons. The van der Waals surface area contributed by atoms with Gasteiger partial charge in [0.2, 0.25) is 10.0 Å². The maximum Gasteiger partial charge on any atom is 0.211 e. The van der Waals surface area contributed by atoms with Crippen LogP contribution in [0.1, 0.15) is 59.7 Å². The third-order valence-corrected chi connectivity index (χ3v) is 9.44. The van der Waals surface area contributed by atoms with Crippen LogP contribution in [-0.2, 0) is 22.9 Å². The van der Waals surface area contributed by atoms with Crippen molar-refractivity contribution in [3.8, 4) is 0 Å². The number of rotatable bonds is 8. The summed E-state index contributed by atoms with van der Waals surface area (Å²) < 4.78 is 27.1. The fourth-order valence-corrected chi connectivity index (χ4v) is 7.14. The molecule has 2 fully saturated rings. The monoisotopic (exact) mass is 481 g/mol. The van der Waals surface area contributed by atoms with E-state index in [0.717, 1.165) is 49.9 Å². The van der Waals surface area contributed by atoms with Crippen molar-refractivity contribution in [2.24, 2.45) is 0 Å². The molecule has 2 aromatic rings. The van der Waals surface area contributed by atoms with Crippen molar-refractivity contribution in [1.29, 1.82) is 0 Å². The molecule has 2 heterocycles. The number of hydrogen-bond donors (Lipinski definition) is 1. The van der Waals surface area contributed by atoms with E-state index in [1.165, 1.54) is 23.1 Å². The highest BCUT2D eigenvalue weighted by Crippen LogP contribution is 2.43. The van der Waals surface area contributed by atoms with Gasteiger partial charge in [-0.1, -0.05) is 36.4 Å². The molecule has 1 aliphatic carbocycles. The van der Waals surface area contributed by atoms with Crippen molar-refractivity contribution in [3.63, 3.8) is 0 Å². The van der Waals surface area contributed by atoms with Crippen LogP contribution in [0, 0.1) is 0 Å². The molecular formula is C27H35N3O3S. The number of anilines is 1. The van der Waals surface area contributed by atoms with Crippen molar-refractivity contribution in [1.82, 2.24) is 9.62 Å². The van der Waals surface area contributed by atoms with Gasteiger partial charge in [-0.15, -0.1) is 0 Å². The van der Waals surface area contributed by atoms with E-state index in [-0.39, 0.29) is 11.7 Å². The number of nitrogens with zero attached hydrogens (tertiary/aromatic N) is 2. The van der Waals surface area contributed by atoms with E-state index < -0.39 is 15.6 Å². The van der Waals surface area contributed by atoms with E-state index in [9.17, 15) is 13.2 Å². The molecule has 0 saturated carbocycles. The highest BCUT2D eigenvalue weighted by Gasteiger charge is 2.44. The average molecular weight is 482 g/mol. The van der Waals surface area contributed by atoms with E-state index in [0.29, 0.717) is 19.1 Å². The molecular weight excluding hydrogens is 446 g/mol. The lowest BCUT2D eigenvalue weighted by Gasteiger charge is -2.50. The molecule has 7 heteroatoms. The third kappa shape index (κ3) is 4.41. The summed E-state index contributed by atoms with van der Waals surface area (Å²) in [5, 5.41) is 0. The molecule has 0 amide bonds. The minimum Gasteiger partial charge on any atom is -0.367 e. The van der Waals surface area contributed by atoms with Gasteiger partial charge in [-0.2, -0.15) is 0 Å². The summed E-state index contributed by atoms with van der Waals surface area (Å²) >= 11 is 0. The van der Waals surface area contributed by atoms with Gasteiger partial charge in [-0.3, -0.25) is 9.69 Å². The summed E-state index contributed by atoms with van der Waals surface area (Å²) in [7, 11) is -3.28. The molecule has 2 aliphatic heterocycles. The zero-order valence-corrected chi connectivity index (χ0v) is 21.0. The number of hydrogen-bond acceptors (Lipinski definition) is 5. The van der Waals surface area contributed by atoms with Crippen LogP contribution in [0.25, 0.3) is 0 Å². The molecule has 0 spiro atoms. The maximum atomic E-state index is 12.6. The van der Waals surface area contributed by atoms with Crippen LogP contribution in [-0.4, -0.2) is 63.1 Å². The number of nitrogens with one attached hydrogen (secondary N) is 1. The molecule has 34 heavy (non-hydrogen) atoms. The predicted octanol–water partition coefficient (Wildman–Crippen LogP) is 3.36. The molecule has 182 valence electrons.